The third-order valence-corrected chi connectivity index (χ3v) is 6.45. The third-order valence-electron chi connectivity index (χ3n) is 5.48. The van der Waals surface area contributed by atoms with Crippen molar-refractivity contribution >= 4 is 17.2 Å². The Morgan fingerprint density at radius 1 is 1.19 bits per heavy atom. The van der Waals surface area contributed by atoms with Gasteiger partial charge in [-0.2, -0.15) is 5.10 Å². The van der Waals surface area contributed by atoms with Gasteiger partial charge in [0.25, 0.3) is 0 Å². The van der Waals surface area contributed by atoms with E-state index >= 15 is 0 Å². The van der Waals surface area contributed by atoms with Gasteiger partial charge in [-0.3, -0.25) is 4.79 Å². The average molecular weight is 380 g/mol. The second kappa shape index (κ2) is 7.69. The second-order valence-corrected chi connectivity index (χ2v) is 8.14. The number of hydrogen-bond donors (Lipinski definition) is 0. The van der Waals surface area contributed by atoms with Crippen molar-refractivity contribution in [2.75, 3.05) is 6.54 Å². The first-order chi connectivity index (χ1) is 13.1. The van der Waals surface area contributed by atoms with Crippen molar-refractivity contribution < 1.29 is 4.79 Å². The molecule has 0 radical (unpaired) electrons. The van der Waals surface area contributed by atoms with Crippen LogP contribution in [-0.2, 0) is 11.2 Å². The summed E-state index contributed by atoms with van der Waals surface area (Å²) in [5, 5.41) is 6.80. The number of amides is 1. The van der Waals surface area contributed by atoms with E-state index in [1.807, 2.05) is 29.8 Å². The van der Waals surface area contributed by atoms with Crippen LogP contribution in [0, 0.1) is 13.8 Å². The number of rotatable bonds is 5. The fraction of sp³-hybridized carbons (Fsp3) is 0.364. The predicted octanol–water partition coefficient (Wildman–Crippen LogP) is 4.85. The Balaban J connectivity index is 1.47. The highest BCUT2D eigenvalue weighted by atomic mass is 32.1. The largest absolute Gasteiger partial charge is 0.335 e. The maximum absolute atomic E-state index is 12.9. The Morgan fingerprint density at radius 2 is 2.00 bits per heavy atom. The maximum atomic E-state index is 12.9. The summed E-state index contributed by atoms with van der Waals surface area (Å²) in [5.74, 6) is 0.261. The molecule has 1 aliphatic heterocycles. The molecule has 0 saturated carbocycles. The molecule has 0 spiro atoms. The fourth-order valence-electron chi connectivity index (χ4n) is 4.07. The highest BCUT2D eigenvalue weighted by molar-refractivity contribution is 7.10. The molecule has 140 valence electrons. The minimum absolute atomic E-state index is 0.261. The summed E-state index contributed by atoms with van der Waals surface area (Å²) in [7, 11) is 0. The van der Waals surface area contributed by atoms with Gasteiger partial charge in [0, 0.05) is 23.5 Å². The van der Waals surface area contributed by atoms with Gasteiger partial charge < -0.3 is 4.90 Å². The zero-order valence-corrected chi connectivity index (χ0v) is 16.7. The number of likely N-dealkylation sites (tertiary alicyclic amines) is 1. The molecule has 4 rings (SSSR count). The number of nitrogens with zero attached hydrogens (tertiary/aromatic N) is 3. The van der Waals surface area contributed by atoms with E-state index in [1.54, 1.807) is 11.3 Å². The van der Waals surface area contributed by atoms with Crippen molar-refractivity contribution in [1.82, 2.24) is 14.7 Å². The first-order valence-corrected chi connectivity index (χ1v) is 10.5. The van der Waals surface area contributed by atoms with Crippen molar-refractivity contribution in [2.24, 2.45) is 0 Å². The predicted molar refractivity (Wildman–Crippen MR) is 109 cm³/mol. The van der Waals surface area contributed by atoms with Gasteiger partial charge in [-0.15, -0.1) is 11.3 Å². The maximum Gasteiger partial charge on any atom is 0.223 e. The van der Waals surface area contributed by atoms with Crippen molar-refractivity contribution in [3.05, 3.63) is 69.7 Å². The molecule has 27 heavy (non-hydrogen) atoms. The highest BCUT2D eigenvalue weighted by Gasteiger charge is 2.30. The van der Waals surface area contributed by atoms with E-state index in [2.05, 4.69) is 41.5 Å². The molecule has 1 atom stereocenters. The number of para-hydroxylation sites is 1. The molecule has 4 nitrogen and oxygen atoms in total. The summed E-state index contributed by atoms with van der Waals surface area (Å²) in [6.07, 6.45) is 3.47. The van der Waals surface area contributed by atoms with Crippen molar-refractivity contribution in [1.29, 1.82) is 0 Å². The van der Waals surface area contributed by atoms with E-state index in [-0.39, 0.29) is 11.9 Å². The van der Waals surface area contributed by atoms with Crippen LogP contribution >= 0.6 is 11.3 Å². The topological polar surface area (TPSA) is 38.1 Å². The zero-order valence-electron chi connectivity index (χ0n) is 15.9. The normalized spacial score (nSPS) is 16.8. The SMILES string of the molecule is Cc1nn(-c2ccccc2)c(C)c1CCC(=O)N1CCCC1c1cccs1. The first-order valence-electron chi connectivity index (χ1n) is 9.58. The number of aryl methyl sites for hydroxylation is 1. The zero-order chi connectivity index (χ0) is 18.8. The molecule has 3 aromatic rings. The van der Waals surface area contributed by atoms with Gasteiger partial charge in [0.15, 0.2) is 0 Å². The molecule has 3 heterocycles. The Bertz CT molecular complexity index is 915. The molecule has 0 aliphatic carbocycles. The average Bonchev–Trinajstić information content (AvgIpc) is 3.41. The van der Waals surface area contributed by atoms with Crippen LogP contribution in [0.2, 0.25) is 0 Å². The van der Waals surface area contributed by atoms with Crippen LogP contribution in [0.4, 0.5) is 0 Å². The number of aromatic nitrogens is 2. The lowest BCUT2D eigenvalue weighted by molar-refractivity contribution is -0.132. The van der Waals surface area contributed by atoms with Crippen molar-refractivity contribution in [3.63, 3.8) is 0 Å². The van der Waals surface area contributed by atoms with E-state index in [1.165, 1.54) is 10.4 Å². The molecule has 1 aromatic carbocycles. The van der Waals surface area contributed by atoms with Crippen LogP contribution in [0.1, 0.15) is 47.1 Å². The smallest absolute Gasteiger partial charge is 0.223 e. The molecule has 1 aliphatic rings. The molecule has 1 fully saturated rings. The van der Waals surface area contributed by atoms with E-state index in [4.69, 9.17) is 5.10 Å². The van der Waals surface area contributed by atoms with E-state index in [0.717, 1.165) is 42.9 Å². The number of thiophene rings is 1. The quantitative estimate of drug-likeness (QED) is 0.636. The summed E-state index contributed by atoms with van der Waals surface area (Å²) in [4.78, 5) is 16.3. The number of hydrogen-bond acceptors (Lipinski definition) is 3. The van der Waals surface area contributed by atoms with Gasteiger partial charge in [0.05, 0.1) is 17.4 Å². The summed E-state index contributed by atoms with van der Waals surface area (Å²) >= 11 is 1.75. The molecule has 1 saturated heterocycles. The summed E-state index contributed by atoms with van der Waals surface area (Å²) in [5.41, 5.74) is 4.40. The highest BCUT2D eigenvalue weighted by Crippen LogP contribution is 2.35. The van der Waals surface area contributed by atoms with Gasteiger partial charge in [-0.05, 0) is 62.3 Å². The van der Waals surface area contributed by atoms with Gasteiger partial charge in [-0.25, -0.2) is 4.68 Å². The Hall–Kier alpha value is -2.40. The van der Waals surface area contributed by atoms with Crippen LogP contribution in [0.15, 0.2) is 47.8 Å². The monoisotopic (exact) mass is 379 g/mol. The van der Waals surface area contributed by atoms with Crippen LogP contribution in [0.3, 0.4) is 0 Å². The lowest BCUT2D eigenvalue weighted by atomic mass is 10.1. The molecular weight excluding hydrogens is 354 g/mol. The summed E-state index contributed by atoms with van der Waals surface area (Å²) in [6, 6.07) is 14.7. The van der Waals surface area contributed by atoms with E-state index in [0.29, 0.717) is 6.42 Å². The van der Waals surface area contributed by atoms with Crippen LogP contribution in [0.5, 0.6) is 0 Å². The Morgan fingerprint density at radius 3 is 2.74 bits per heavy atom. The number of carbonyl (C=O) groups excluding carboxylic acids is 1. The van der Waals surface area contributed by atoms with Gasteiger partial charge in [0.1, 0.15) is 0 Å². The Kier molecular flexibility index (Phi) is 5.12. The second-order valence-electron chi connectivity index (χ2n) is 7.16. The lowest BCUT2D eigenvalue weighted by Crippen LogP contribution is -2.30. The molecule has 0 N–H and O–H groups in total. The molecule has 0 bridgehead atoms. The molecule has 1 unspecified atom stereocenters. The minimum Gasteiger partial charge on any atom is -0.335 e. The molecule has 5 heteroatoms. The van der Waals surface area contributed by atoms with Crippen molar-refractivity contribution in [2.45, 2.75) is 45.6 Å². The van der Waals surface area contributed by atoms with Crippen molar-refractivity contribution in [3.8, 4) is 5.69 Å². The van der Waals surface area contributed by atoms with Crippen LogP contribution in [-0.4, -0.2) is 27.1 Å². The third kappa shape index (κ3) is 3.56. The number of benzene rings is 1. The van der Waals surface area contributed by atoms with E-state index in [9.17, 15) is 4.79 Å². The van der Waals surface area contributed by atoms with Gasteiger partial charge in [0.2, 0.25) is 5.91 Å². The van der Waals surface area contributed by atoms with Crippen LogP contribution < -0.4 is 0 Å². The standard InChI is InChI=1S/C22H25N3OS/c1-16-19(17(2)25(23-16)18-8-4-3-5-9-18)12-13-22(26)24-14-6-10-20(24)21-11-7-15-27-21/h3-5,7-9,11,15,20H,6,10,12-14H2,1-2H3. The lowest BCUT2D eigenvalue weighted by Gasteiger charge is -2.24. The number of carbonyl (C=O) groups is 1. The van der Waals surface area contributed by atoms with E-state index < -0.39 is 0 Å². The molecule has 2 aromatic heterocycles. The minimum atomic E-state index is 0.261. The van der Waals surface area contributed by atoms with Crippen LogP contribution in [0.25, 0.3) is 5.69 Å². The molecular formula is C22H25N3OS. The summed E-state index contributed by atoms with van der Waals surface area (Å²) < 4.78 is 1.99. The van der Waals surface area contributed by atoms with Gasteiger partial charge >= 0.3 is 0 Å². The fourth-order valence-corrected chi connectivity index (χ4v) is 4.95. The molecule has 1 amide bonds. The summed E-state index contributed by atoms with van der Waals surface area (Å²) in [6.45, 7) is 5.01. The first kappa shape index (κ1) is 18.0. The van der Waals surface area contributed by atoms with Gasteiger partial charge in [-0.1, -0.05) is 24.3 Å². The Labute approximate surface area is 164 Å².